The Labute approximate surface area is 85.7 Å². The topological polar surface area (TPSA) is 68.4 Å². The van der Waals surface area contributed by atoms with Crippen molar-refractivity contribution in [2.24, 2.45) is 5.73 Å². The lowest BCUT2D eigenvalue weighted by atomic mass is 10.1. The zero-order valence-corrected chi connectivity index (χ0v) is 8.20. The van der Waals surface area contributed by atoms with Gasteiger partial charge in [0.15, 0.2) is 5.75 Å². The van der Waals surface area contributed by atoms with Gasteiger partial charge in [-0.05, 0) is 5.56 Å². The number of aliphatic hydroxyl groups excluding tert-OH is 1. The molecule has 0 aromatic carbocycles. The number of methoxy groups -OCH3 is 1. The summed E-state index contributed by atoms with van der Waals surface area (Å²) in [5.41, 5.74) is 5.33. The molecule has 1 heterocycles. The molecule has 84 valence electrons. The van der Waals surface area contributed by atoms with Crippen LogP contribution in [0, 0.1) is 0 Å². The van der Waals surface area contributed by atoms with Crippen molar-refractivity contribution in [1.29, 1.82) is 0 Å². The van der Waals surface area contributed by atoms with Crippen LogP contribution in [-0.4, -0.2) is 17.2 Å². The van der Waals surface area contributed by atoms with Crippen molar-refractivity contribution in [2.75, 3.05) is 7.11 Å². The summed E-state index contributed by atoms with van der Waals surface area (Å²) in [5, 5.41) is 8.90. The molecule has 0 saturated heterocycles. The van der Waals surface area contributed by atoms with Gasteiger partial charge in [-0.25, -0.2) is 8.78 Å². The van der Waals surface area contributed by atoms with Crippen molar-refractivity contribution in [3.8, 4) is 5.75 Å². The molecule has 0 aliphatic rings. The van der Waals surface area contributed by atoms with Gasteiger partial charge in [-0.3, -0.25) is 4.98 Å². The van der Waals surface area contributed by atoms with Gasteiger partial charge in [0.1, 0.15) is 5.69 Å². The average molecular weight is 218 g/mol. The lowest BCUT2D eigenvalue weighted by Crippen LogP contribution is -2.08. The van der Waals surface area contributed by atoms with Gasteiger partial charge in [0.2, 0.25) is 0 Å². The van der Waals surface area contributed by atoms with E-state index in [0.717, 1.165) is 0 Å². The van der Waals surface area contributed by atoms with Gasteiger partial charge in [-0.15, -0.1) is 0 Å². The number of rotatable bonds is 4. The van der Waals surface area contributed by atoms with Gasteiger partial charge in [0.05, 0.1) is 19.3 Å². The molecular weight excluding hydrogens is 206 g/mol. The van der Waals surface area contributed by atoms with Crippen LogP contribution in [0.1, 0.15) is 23.2 Å². The third-order valence-corrected chi connectivity index (χ3v) is 2.02. The summed E-state index contributed by atoms with van der Waals surface area (Å²) < 4.78 is 30.3. The first-order chi connectivity index (χ1) is 7.15. The van der Waals surface area contributed by atoms with E-state index in [9.17, 15) is 8.78 Å². The molecule has 0 fully saturated rings. The van der Waals surface area contributed by atoms with E-state index in [2.05, 4.69) is 4.98 Å². The third-order valence-electron chi connectivity index (χ3n) is 2.02. The molecule has 3 N–H and O–H groups in total. The highest BCUT2D eigenvalue weighted by atomic mass is 19.3. The first kappa shape index (κ1) is 11.8. The molecule has 0 saturated carbocycles. The monoisotopic (exact) mass is 218 g/mol. The summed E-state index contributed by atoms with van der Waals surface area (Å²) >= 11 is 0. The summed E-state index contributed by atoms with van der Waals surface area (Å²) in [6, 6.07) is 0. The maximum Gasteiger partial charge on any atom is 0.267 e. The Bertz CT molecular complexity index is 345. The van der Waals surface area contributed by atoms with Crippen molar-refractivity contribution in [1.82, 2.24) is 4.98 Å². The number of pyridine rings is 1. The van der Waals surface area contributed by atoms with Gasteiger partial charge in [0.25, 0.3) is 6.43 Å². The number of aromatic nitrogens is 1. The number of ether oxygens (including phenoxy) is 1. The first-order valence-electron chi connectivity index (χ1n) is 4.29. The Hall–Kier alpha value is -1.27. The molecule has 1 aromatic rings. The second kappa shape index (κ2) is 4.99. The quantitative estimate of drug-likeness (QED) is 0.790. The fourth-order valence-corrected chi connectivity index (χ4v) is 1.33. The number of aliphatic hydroxyl groups is 1. The Morgan fingerprint density at radius 1 is 1.60 bits per heavy atom. The summed E-state index contributed by atoms with van der Waals surface area (Å²) in [4.78, 5) is 3.79. The number of nitrogens with two attached hydrogens (primary N) is 1. The normalized spacial score (nSPS) is 10.8. The van der Waals surface area contributed by atoms with Crippen molar-refractivity contribution >= 4 is 0 Å². The van der Waals surface area contributed by atoms with E-state index in [1.54, 1.807) is 0 Å². The van der Waals surface area contributed by atoms with Gasteiger partial charge < -0.3 is 15.6 Å². The fraction of sp³-hybridized carbons (Fsp3) is 0.444. The van der Waals surface area contributed by atoms with E-state index in [-0.39, 0.29) is 29.1 Å². The summed E-state index contributed by atoms with van der Waals surface area (Å²) in [5.74, 6) is -0.0875. The summed E-state index contributed by atoms with van der Waals surface area (Å²) in [6.45, 7) is -0.498. The first-order valence-corrected chi connectivity index (χ1v) is 4.29. The summed E-state index contributed by atoms with van der Waals surface area (Å²) in [6.07, 6.45) is -1.47. The second-order valence-corrected chi connectivity index (χ2v) is 2.84. The van der Waals surface area contributed by atoms with Crippen LogP contribution in [0.25, 0.3) is 0 Å². The predicted octanol–water partition coefficient (Wildman–Crippen LogP) is 0.979. The number of halogens is 2. The zero-order chi connectivity index (χ0) is 11.4. The SMILES string of the molecule is COc1c(CO)ncc(CN)c1C(F)F. The van der Waals surface area contributed by atoms with Crippen LogP contribution >= 0.6 is 0 Å². The standard InChI is InChI=1S/C9H12F2N2O2/c1-15-8-6(4-14)13-3-5(2-12)7(8)9(10)11/h3,9,14H,2,4,12H2,1H3. The van der Waals surface area contributed by atoms with Crippen LogP contribution in [-0.2, 0) is 13.2 Å². The highest BCUT2D eigenvalue weighted by Crippen LogP contribution is 2.33. The van der Waals surface area contributed by atoms with Crippen LogP contribution in [0.15, 0.2) is 6.20 Å². The Kier molecular flexibility index (Phi) is 3.93. The summed E-state index contributed by atoms with van der Waals surface area (Å²) in [7, 11) is 1.25. The van der Waals surface area contributed by atoms with Gasteiger partial charge in [0, 0.05) is 12.7 Å². The minimum Gasteiger partial charge on any atom is -0.494 e. The molecule has 1 aromatic heterocycles. The molecule has 0 aliphatic heterocycles. The van der Waals surface area contributed by atoms with Crippen molar-refractivity contribution in [2.45, 2.75) is 19.6 Å². The highest BCUT2D eigenvalue weighted by Gasteiger charge is 2.21. The largest absolute Gasteiger partial charge is 0.494 e. The molecule has 0 spiro atoms. The molecule has 6 heteroatoms. The maximum atomic E-state index is 12.7. The highest BCUT2D eigenvalue weighted by molar-refractivity contribution is 5.43. The van der Waals surface area contributed by atoms with E-state index < -0.39 is 13.0 Å². The number of hydrogen-bond acceptors (Lipinski definition) is 4. The third kappa shape index (κ3) is 2.21. The van der Waals surface area contributed by atoms with Crippen molar-refractivity contribution in [3.63, 3.8) is 0 Å². The van der Waals surface area contributed by atoms with Crippen LogP contribution < -0.4 is 10.5 Å². The molecule has 0 atom stereocenters. The Balaban J connectivity index is 3.37. The molecule has 15 heavy (non-hydrogen) atoms. The van der Waals surface area contributed by atoms with Crippen molar-refractivity contribution < 1.29 is 18.6 Å². The maximum absolute atomic E-state index is 12.7. The Morgan fingerprint density at radius 3 is 2.67 bits per heavy atom. The van der Waals surface area contributed by atoms with Gasteiger partial charge in [-0.2, -0.15) is 0 Å². The average Bonchev–Trinajstić information content (AvgIpc) is 2.26. The molecule has 4 nitrogen and oxygen atoms in total. The second-order valence-electron chi connectivity index (χ2n) is 2.84. The smallest absolute Gasteiger partial charge is 0.267 e. The van der Waals surface area contributed by atoms with Gasteiger partial charge in [-0.1, -0.05) is 0 Å². The number of nitrogens with zero attached hydrogens (tertiary/aromatic N) is 1. The van der Waals surface area contributed by atoms with Crippen LogP contribution in [0.2, 0.25) is 0 Å². The van der Waals surface area contributed by atoms with Crippen LogP contribution in [0.5, 0.6) is 5.75 Å². The molecule has 0 bridgehead atoms. The Morgan fingerprint density at radius 2 is 2.27 bits per heavy atom. The van der Waals surface area contributed by atoms with E-state index in [1.807, 2.05) is 0 Å². The molecule has 0 unspecified atom stereocenters. The van der Waals surface area contributed by atoms with Crippen LogP contribution in [0.3, 0.4) is 0 Å². The van der Waals surface area contributed by atoms with E-state index in [1.165, 1.54) is 13.3 Å². The molecular formula is C9H12F2N2O2. The fourth-order valence-electron chi connectivity index (χ4n) is 1.33. The lowest BCUT2D eigenvalue weighted by Gasteiger charge is -2.14. The van der Waals surface area contributed by atoms with Crippen molar-refractivity contribution in [3.05, 3.63) is 23.0 Å². The number of hydrogen-bond donors (Lipinski definition) is 2. The molecule has 0 amide bonds. The molecule has 0 aliphatic carbocycles. The lowest BCUT2D eigenvalue weighted by molar-refractivity contribution is 0.144. The van der Waals surface area contributed by atoms with Gasteiger partial charge >= 0.3 is 0 Å². The van der Waals surface area contributed by atoms with E-state index in [4.69, 9.17) is 15.6 Å². The minimum absolute atomic E-state index is 0.0469. The minimum atomic E-state index is -2.70. The molecule has 1 rings (SSSR count). The molecule has 0 radical (unpaired) electrons. The zero-order valence-electron chi connectivity index (χ0n) is 8.20. The predicted molar refractivity (Wildman–Crippen MR) is 49.6 cm³/mol. The van der Waals surface area contributed by atoms with Crippen LogP contribution in [0.4, 0.5) is 8.78 Å². The van der Waals surface area contributed by atoms with E-state index >= 15 is 0 Å². The van der Waals surface area contributed by atoms with E-state index in [0.29, 0.717) is 0 Å². The number of alkyl halides is 2.